The lowest BCUT2D eigenvalue weighted by Gasteiger charge is -2.09. The van der Waals surface area contributed by atoms with Crippen LogP contribution in [-0.2, 0) is 16.0 Å². The van der Waals surface area contributed by atoms with Crippen LogP contribution in [0.3, 0.4) is 0 Å². The van der Waals surface area contributed by atoms with Gasteiger partial charge in [-0.3, -0.25) is 4.79 Å². The fourth-order valence-corrected chi connectivity index (χ4v) is 2.69. The molecule has 3 aromatic rings. The number of benzene rings is 2. The standard InChI is InChI=1S/C23H23N3O3/c1-3-29-23(28)18-8-10-19(11-9-18)25-20-12-13-21(24-15-20)26-22(27)14-17-6-4-16(2)5-7-17/h4-13,15,25H,3,14H2,1-2H3,(H,24,26,27). The molecule has 6 nitrogen and oxygen atoms in total. The Labute approximate surface area is 169 Å². The molecule has 2 N–H and O–H groups in total. The van der Waals surface area contributed by atoms with E-state index in [0.29, 0.717) is 24.4 Å². The SMILES string of the molecule is CCOC(=O)c1ccc(Nc2ccc(NC(=O)Cc3ccc(C)cc3)nc2)cc1. The summed E-state index contributed by atoms with van der Waals surface area (Å²) in [7, 11) is 0. The summed E-state index contributed by atoms with van der Waals surface area (Å²) < 4.78 is 4.97. The first-order valence-corrected chi connectivity index (χ1v) is 9.39. The van der Waals surface area contributed by atoms with Gasteiger partial charge in [0.05, 0.1) is 30.5 Å². The van der Waals surface area contributed by atoms with Gasteiger partial charge in [0.2, 0.25) is 5.91 Å². The molecule has 0 saturated heterocycles. The minimum absolute atomic E-state index is 0.114. The molecule has 148 valence electrons. The maximum atomic E-state index is 12.2. The van der Waals surface area contributed by atoms with E-state index in [1.54, 1.807) is 43.5 Å². The second kappa shape index (κ2) is 9.50. The number of pyridine rings is 1. The van der Waals surface area contributed by atoms with Crippen molar-refractivity contribution in [2.75, 3.05) is 17.2 Å². The summed E-state index contributed by atoms with van der Waals surface area (Å²) in [5.41, 5.74) is 4.20. The van der Waals surface area contributed by atoms with E-state index < -0.39 is 0 Å². The number of aromatic nitrogens is 1. The molecule has 1 aromatic heterocycles. The number of carbonyl (C=O) groups is 2. The van der Waals surface area contributed by atoms with Gasteiger partial charge in [0, 0.05) is 5.69 Å². The van der Waals surface area contributed by atoms with Gasteiger partial charge in [-0.05, 0) is 55.8 Å². The van der Waals surface area contributed by atoms with Crippen LogP contribution in [-0.4, -0.2) is 23.5 Å². The Morgan fingerprint density at radius 3 is 2.24 bits per heavy atom. The lowest BCUT2D eigenvalue weighted by molar-refractivity contribution is -0.115. The highest BCUT2D eigenvalue weighted by Crippen LogP contribution is 2.18. The molecule has 0 saturated carbocycles. The van der Waals surface area contributed by atoms with Crippen LogP contribution in [0.2, 0.25) is 0 Å². The molecule has 29 heavy (non-hydrogen) atoms. The van der Waals surface area contributed by atoms with E-state index in [1.165, 1.54) is 0 Å². The van der Waals surface area contributed by atoms with E-state index in [-0.39, 0.29) is 11.9 Å². The number of ether oxygens (including phenoxy) is 1. The van der Waals surface area contributed by atoms with Gasteiger partial charge in [0.15, 0.2) is 0 Å². The highest BCUT2D eigenvalue weighted by Gasteiger charge is 2.07. The monoisotopic (exact) mass is 389 g/mol. The van der Waals surface area contributed by atoms with Gasteiger partial charge in [-0.2, -0.15) is 0 Å². The minimum atomic E-state index is -0.341. The van der Waals surface area contributed by atoms with Gasteiger partial charge in [-0.1, -0.05) is 29.8 Å². The van der Waals surface area contributed by atoms with Crippen LogP contribution in [0.1, 0.15) is 28.4 Å². The van der Waals surface area contributed by atoms with Crippen LogP contribution in [0, 0.1) is 6.92 Å². The summed E-state index contributed by atoms with van der Waals surface area (Å²) in [4.78, 5) is 28.1. The largest absolute Gasteiger partial charge is 0.462 e. The number of amides is 1. The summed E-state index contributed by atoms with van der Waals surface area (Å²) in [6.45, 7) is 4.13. The van der Waals surface area contributed by atoms with Crippen LogP contribution < -0.4 is 10.6 Å². The molecule has 0 fully saturated rings. The molecular weight excluding hydrogens is 366 g/mol. The van der Waals surface area contributed by atoms with Crippen LogP contribution in [0.25, 0.3) is 0 Å². The Hall–Kier alpha value is -3.67. The van der Waals surface area contributed by atoms with Gasteiger partial charge >= 0.3 is 5.97 Å². The summed E-state index contributed by atoms with van der Waals surface area (Å²) >= 11 is 0. The number of nitrogens with one attached hydrogen (secondary N) is 2. The summed E-state index contributed by atoms with van der Waals surface area (Å²) in [6.07, 6.45) is 1.94. The van der Waals surface area contributed by atoms with Crippen molar-refractivity contribution in [3.05, 3.63) is 83.6 Å². The second-order valence-corrected chi connectivity index (χ2v) is 6.57. The molecule has 0 aliphatic carbocycles. The van der Waals surface area contributed by atoms with Gasteiger partial charge in [-0.15, -0.1) is 0 Å². The van der Waals surface area contributed by atoms with E-state index in [4.69, 9.17) is 4.74 Å². The number of carbonyl (C=O) groups excluding carboxylic acids is 2. The highest BCUT2D eigenvalue weighted by molar-refractivity contribution is 5.91. The lowest BCUT2D eigenvalue weighted by Crippen LogP contribution is -2.15. The smallest absolute Gasteiger partial charge is 0.338 e. The number of hydrogen-bond donors (Lipinski definition) is 2. The van der Waals surface area contributed by atoms with Crippen molar-refractivity contribution in [1.82, 2.24) is 4.98 Å². The lowest BCUT2D eigenvalue weighted by atomic mass is 10.1. The van der Waals surface area contributed by atoms with Crippen LogP contribution in [0.5, 0.6) is 0 Å². The Morgan fingerprint density at radius 1 is 0.931 bits per heavy atom. The Balaban J connectivity index is 1.55. The molecule has 0 atom stereocenters. The van der Waals surface area contributed by atoms with Crippen LogP contribution in [0.15, 0.2) is 66.9 Å². The van der Waals surface area contributed by atoms with Gasteiger partial charge in [0.25, 0.3) is 0 Å². The Kier molecular flexibility index (Phi) is 6.58. The topological polar surface area (TPSA) is 80.3 Å². The first-order valence-electron chi connectivity index (χ1n) is 9.39. The number of rotatable bonds is 7. The quantitative estimate of drug-likeness (QED) is 0.582. The van der Waals surface area contributed by atoms with E-state index in [1.807, 2.05) is 37.3 Å². The molecule has 0 bridgehead atoms. The second-order valence-electron chi connectivity index (χ2n) is 6.57. The van der Waals surface area contributed by atoms with Crippen molar-refractivity contribution >= 4 is 29.1 Å². The summed E-state index contributed by atoms with van der Waals surface area (Å²) in [6, 6.07) is 18.4. The summed E-state index contributed by atoms with van der Waals surface area (Å²) in [5.74, 6) is 0.0355. The predicted molar refractivity (Wildman–Crippen MR) is 113 cm³/mol. The summed E-state index contributed by atoms with van der Waals surface area (Å²) in [5, 5.41) is 6.00. The molecule has 0 aliphatic heterocycles. The van der Waals surface area contributed by atoms with Gasteiger partial charge in [-0.25, -0.2) is 9.78 Å². The van der Waals surface area contributed by atoms with Crippen molar-refractivity contribution in [2.24, 2.45) is 0 Å². The molecular formula is C23H23N3O3. The number of hydrogen-bond acceptors (Lipinski definition) is 5. The molecule has 0 unspecified atom stereocenters. The molecule has 6 heteroatoms. The highest BCUT2D eigenvalue weighted by atomic mass is 16.5. The average molecular weight is 389 g/mol. The zero-order chi connectivity index (χ0) is 20.6. The van der Waals surface area contributed by atoms with E-state index in [0.717, 1.165) is 22.5 Å². The van der Waals surface area contributed by atoms with Crippen molar-refractivity contribution in [3.8, 4) is 0 Å². The minimum Gasteiger partial charge on any atom is -0.462 e. The number of anilines is 3. The molecule has 0 aliphatic rings. The molecule has 3 rings (SSSR count). The normalized spacial score (nSPS) is 10.3. The van der Waals surface area contributed by atoms with Crippen molar-refractivity contribution in [3.63, 3.8) is 0 Å². The third kappa shape index (κ3) is 5.90. The maximum Gasteiger partial charge on any atom is 0.338 e. The van der Waals surface area contributed by atoms with Crippen molar-refractivity contribution in [1.29, 1.82) is 0 Å². The van der Waals surface area contributed by atoms with Gasteiger partial charge < -0.3 is 15.4 Å². The third-order valence-corrected chi connectivity index (χ3v) is 4.20. The van der Waals surface area contributed by atoms with E-state index >= 15 is 0 Å². The van der Waals surface area contributed by atoms with E-state index in [2.05, 4.69) is 15.6 Å². The molecule has 0 spiro atoms. The van der Waals surface area contributed by atoms with Crippen molar-refractivity contribution < 1.29 is 14.3 Å². The third-order valence-electron chi connectivity index (χ3n) is 4.20. The fourth-order valence-electron chi connectivity index (χ4n) is 2.69. The van der Waals surface area contributed by atoms with Crippen LogP contribution >= 0.6 is 0 Å². The molecule has 1 amide bonds. The number of nitrogens with zero attached hydrogens (tertiary/aromatic N) is 1. The zero-order valence-corrected chi connectivity index (χ0v) is 16.4. The van der Waals surface area contributed by atoms with Gasteiger partial charge in [0.1, 0.15) is 5.82 Å². The van der Waals surface area contributed by atoms with Crippen LogP contribution in [0.4, 0.5) is 17.2 Å². The maximum absolute atomic E-state index is 12.2. The molecule has 0 radical (unpaired) electrons. The predicted octanol–water partition coefficient (Wildman–Crippen LogP) is 4.49. The molecule has 1 heterocycles. The fraction of sp³-hybridized carbons (Fsp3) is 0.174. The Morgan fingerprint density at radius 2 is 1.62 bits per heavy atom. The Bertz CT molecular complexity index is 966. The first-order chi connectivity index (χ1) is 14.0. The van der Waals surface area contributed by atoms with Crippen molar-refractivity contribution in [2.45, 2.75) is 20.3 Å². The number of aryl methyl sites for hydroxylation is 1. The number of esters is 1. The first kappa shape index (κ1) is 20.1. The van der Waals surface area contributed by atoms with E-state index in [9.17, 15) is 9.59 Å². The zero-order valence-electron chi connectivity index (χ0n) is 16.4. The average Bonchev–Trinajstić information content (AvgIpc) is 2.72. The molecule has 2 aromatic carbocycles.